The molecule has 1 heterocycles. The molecule has 0 bridgehead atoms. The lowest BCUT2D eigenvalue weighted by molar-refractivity contribution is 0.0241. The molecule has 0 radical (unpaired) electrons. The van der Waals surface area contributed by atoms with E-state index in [0.717, 1.165) is 32.7 Å². The molecule has 7 nitrogen and oxygen atoms in total. The summed E-state index contributed by atoms with van der Waals surface area (Å²) in [5.74, 6) is 0. The van der Waals surface area contributed by atoms with Gasteiger partial charge in [0.15, 0.2) is 0 Å². The van der Waals surface area contributed by atoms with Crippen LogP contribution in [0, 0.1) is 5.41 Å². The molecule has 1 aliphatic rings. The van der Waals surface area contributed by atoms with Gasteiger partial charge in [-0.15, -0.1) is 0 Å². The Morgan fingerprint density at radius 2 is 1.21 bits per heavy atom. The summed E-state index contributed by atoms with van der Waals surface area (Å²) in [5, 5.41) is 18.6. The monoisotopic (exact) mass is 348 g/mol. The first-order chi connectivity index (χ1) is 11.6. The minimum Gasteiger partial charge on any atom is -0.396 e. The molecule has 0 unspecified atom stereocenters. The molecule has 0 aromatic carbocycles. The van der Waals surface area contributed by atoms with Crippen LogP contribution >= 0.6 is 0 Å². The topological polar surface area (TPSA) is 74.6 Å². The molecule has 0 saturated carbocycles. The smallest absolute Gasteiger partial charge is 0.0701 e. The highest BCUT2D eigenvalue weighted by atomic mass is 16.5. The highest BCUT2D eigenvalue weighted by Gasteiger charge is 2.20. The summed E-state index contributed by atoms with van der Waals surface area (Å²) in [4.78, 5) is 4.43. The van der Waals surface area contributed by atoms with Crippen LogP contribution in [0.5, 0.6) is 0 Å². The predicted octanol–water partition coefficient (Wildman–Crippen LogP) is -0.335. The zero-order valence-corrected chi connectivity index (χ0v) is 15.4. The molecule has 0 aromatic heterocycles. The van der Waals surface area contributed by atoms with Gasteiger partial charge in [-0.3, -0.25) is 9.80 Å². The van der Waals surface area contributed by atoms with Crippen LogP contribution in [0.25, 0.3) is 0 Å². The van der Waals surface area contributed by atoms with Gasteiger partial charge in [0.05, 0.1) is 46.2 Å². The van der Waals surface area contributed by atoms with Crippen molar-refractivity contribution in [2.75, 3.05) is 92.1 Å². The van der Waals surface area contributed by atoms with Crippen LogP contribution < -0.4 is 0 Å². The zero-order chi connectivity index (χ0) is 17.7. The van der Waals surface area contributed by atoms with Gasteiger partial charge in [-0.25, -0.2) is 0 Å². The molecule has 1 saturated heterocycles. The van der Waals surface area contributed by atoms with Crippen molar-refractivity contribution in [3.8, 4) is 0 Å². The first-order valence-electron chi connectivity index (χ1n) is 8.97. The van der Waals surface area contributed by atoms with E-state index < -0.39 is 0 Å². The Balaban J connectivity index is 2.45. The molecular weight excluding hydrogens is 312 g/mol. The quantitative estimate of drug-likeness (QED) is 0.704. The molecule has 0 amide bonds. The van der Waals surface area contributed by atoms with Crippen molar-refractivity contribution in [3.05, 3.63) is 0 Å². The first kappa shape index (κ1) is 21.8. The Labute approximate surface area is 146 Å². The van der Waals surface area contributed by atoms with Crippen molar-refractivity contribution >= 4 is 0 Å². The summed E-state index contributed by atoms with van der Waals surface area (Å²) in [6.07, 6.45) is 0. The number of hydrogen-bond donors (Lipinski definition) is 2. The lowest BCUT2D eigenvalue weighted by Gasteiger charge is -2.31. The Morgan fingerprint density at radius 3 is 1.67 bits per heavy atom. The lowest BCUT2D eigenvalue weighted by Crippen LogP contribution is -2.40. The number of hydrogen-bond acceptors (Lipinski definition) is 7. The standard InChI is InChI=1S/C17H36N2O5/c1-17(2,16-21)15-19-6-11-22-9-4-18(3-8-20)5-10-23-13-14-24-12-7-19/h20-21H,3-16H2,1-2H3. The number of rotatable bonds is 5. The molecule has 2 N–H and O–H groups in total. The maximum absolute atomic E-state index is 9.48. The fourth-order valence-electron chi connectivity index (χ4n) is 2.60. The number of β-amino-alcohol motifs (C(OH)–C–C–N with tert-alkyl or cyclic N) is 1. The van der Waals surface area contributed by atoms with Crippen LogP contribution in [0.1, 0.15) is 13.8 Å². The van der Waals surface area contributed by atoms with E-state index in [1.165, 1.54) is 0 Å². The van der Waals surface area contributed by atoms with Crippen LogP contribution in [0.2, 0.25) is 0 Å². The van der Waals surface area contributed by atoms with E-state index in [1.807, 2.05) is 0 Å². The summed E-state index contributed by atoms with van der Waals surface area (Å²) in [6, 6.07) is 0. The SMILES string of the molecule is CC(C)(CO)CN1CCOCCOCCN(CCO)CCOCC1. The molecule has 24 heavy (non-hydrogen) atoms. The van der Waals surface area contributed by atoms with Gasteiger partial charge in [0.1, 0.15) is 0 Å². The number of aliphatic hydroxyl groups excluding tert-OH is 2. The lowest BCUT2D eigenvalue weighted by atomic mass is 9.94. The zero-order valence-electron chi connectivity index (χ0n) is 15.4. The highest BCUT2D eigenvalue weighted by molar-refractivity contribution is 4.73. The third-order valence-electron chi connectivity index (χ3n) is 4.08. The van der Waals surface area contributed by atoms with E-state index in [2.05, 4.69) is 23.6 Å². The van der Waals surface area contributed by atoms with Gasteiger partial charge in [0.25, 0.3) is 0 Å². The van der Waals surface area contributed by atoms with E-state index >= 15 is 0 Å². The van der Waals surface area contributed by atoms with E-state index in [9.17, 15) is 5.11 Å². The maximum atomic E-state index is 9.48. The van der Waals surface area contributed by atoms with Gasteiger partial charge in [-0.2, -0.15) is 0 Å². The molecule has 0 atom stereocenters. The molecule has 0 aromatic rings. The second-order valence-electron chi connectivity index (χ2n) is 7.00. The summed E-state index contributed by atoms with van der Waals surface area (Å²) >= 11 is 0. The van der Waals surface area contributed by atoms with Crippen molar-refractivity contribution in [3.63, 3.8) is 0 Å². The van der Waals surface area contributed by atoms with Gasteiger partial charge >= 0.3 is 0 Å². The summed E-state index contributed by atoms with van der Waals surface area (Å²) in [5.41, 5.74) is -0.135. The van der Waals surface area contributed by atoms with E-state index in [0.29, 0.717) is 46.2 Å². The predicted molar refractivity (Wildman–Crippen MR) is 93.3 cm³/mol. The Kier molecular flexibility index (Phi) is 11.8. The third-order valence-corrected chi connectivity index (χ3v) is 4.08. The first-order valence-corrected chi connectivity index (χ1v) is 8.97. The molecule has 1 fully saturated rings. The average molecular weight is 348 g/mol. The maximum Gasteiger partial charge on any atom is 0.0701 e. The Morgan fingerprint density at radius 1 is 0.750 bits per heavy atom. The Bertz CT molecular complexity index is 305. The number of ether oxygens (including phenoxy) is 3. The fraction of sp³-hybridized carbons (Fsp3) is 1.00. The molecular formula is C17H36N2O5. The number of aliphatic hydroxyl groups is 2. The fourth-order valence-corrected chi connectivity index (χ4v) is 2.60. The molecule has 0 aliphatic carbocycles. The van der Waals surface area contributed by atoms with E-state index in [1.54, 1.807) is 0 Å². The van der Waals surface area contributed by atoms with E-state index in [4.69, 9.17) is 19.3 Å². The van der Waals surface area contributed by atoms with Crippen molar-refractivity contribution in [1.29, 1.82) is 0 Å². The van der Waals surface area contributed by atoms with Gasteiger partial charge in [0, 0.05) is 51.3 Å². The summed E-state index contributed by atoms with van der Waals surface area (Å²) < 4.78 is 17.0. The molecule has 1 rings (SSSR count). The largest absolute Gasteiger partial charge is 0.396 e. The minimum absolute atomic E-state index is 0.135. The van der Waals surface area contributed by atoms with Gasteiger partial charge in [-0.05, 0) is 0 Å². The number of nitrogens with zero attached hydrogens (tertiary/aromatic N) is 2. The van der Waals surface area contributed by atoms with Gasteiger partial charge in [0.2, 0.25) is 0 Å². The summed E-state index contributed by atoms with van der Waals surface area (Å²) in [7, 11) is 0. The molecule has 1 aliphatic heterocycles. The normalized spacial score (nSPS) is 22.0. The minimum atomic E-state index is -0.135. The van der Waals surface area contributed by atoms with Gasteiger partial charge < -0.3 is 24.4 Å². The third kappa shape index (κ3) is 10.6. The van der Waals surface area contributed by atoms with Crippen molar-refractivity contribution in [1.82, 2.24) is 9.80 Å². The second kappa shape index (κ2) is 13.0. The molecule has 7 heteroatoms. The average Bonchev–Trinajstić information content (AvgIpc) is 2.56. The second-order valence-corrected chi connectivity index (χ2v) is 7.00. The van der Waals surface area contributed by atoms with Crippen molar-refractivity contribution in [2.45, 2.75) is 13.8 Å². The van der Waals surface area contributed by atoms with Crippen LogP contribution in [0.3, 0.4) is 0 Å². The molecule has 0 spiro atoms. The van der Waals surface area contributed by atoms with Crippen molar-refractivity contribution < 1.29 is 24.4 Å². The van der Waals surface area contributed by atoms with Crippen LogP contribution in [-0.2, 0) is 14.2 Å². The van der Waals surface area contributed by atoms with Crippen LogP contribution in [0.15, 0.2) is 0 Å². The van der Waals surface area contributed by atoms with Crippen LogP contribution in [-0.4, -0.2) is 112 Å². The Hall–Kier alpha value is -0.280. The van der Waals surface area contributed by atoms with Crippen LogP contribution in [0.4, 0.5) is 0 Å². The van der Waals surface area contributed by atoms with Gasteiger partial charge in [-0.1, -0.05) is 13.8 Å². The highest BCUT2D eigenvalue weighted by Crippen LogP contribution is 2.15. The van der Waals surface area contributed by atoms with Crippen molar-refractivity contribution in [2.24, 2.45) is 5.41 Å². The summed E-state index contributed by atoms with van der Waals surface area (Å²) in [6.45, 7) is 12.9. The van der Waals surface area contributed by atoms with E-state index in [-0.39, 0.29) is 18.6 Å². The molecule has 144 valence electrons.